The predicted octanol–water partition coefficient (Wildman–Crippen LogP) is 21.0. The van der Waals surface area contributed by atoms with Gasteiger partial charge >= 0.3 is 0 Å². The molecular weight excluding hydrogens is 661 g/mol. The average molecular weight is 782 g/mol. The molecule has 55 heavy (non-hydrogen) atoms. The molecule has 0 N–H and O–H groups in total. The van der Waals surface area contributed by atoms with Crippen LogP contribution in [0.25, 0.3) is 0 Å². The van der Waals surface area contributed by atoms with E-state index < -0.39 is 0 Å². The molecular formula is C55H120. The second-order valence-electron chi connectivity index (χ2n) is 26.4. The van der Waals surface area contributed by atoms with Gasteiger partial charge in [-0.1, -0.05) is 242 Å². The molecule has 0 heterocycles. The minimum Gasteiger partial charge on any atom is -0.0776 e. The standard InChI is InChI=1S/C14H28.C13H26.C12H24.C11H22.5CH4/c1-12(2,3)14(13(4,5)6)10-8-7-9-11-14;1-11(2,3)13(12(4,5)6)9-7-8-10-13;1-10(2,3)12(8-7-9-12)11(4,5)6;1-9(2,3)11(7-8-11)10(4,5)6;;;;;/h7-11H2,1-6H3;7-10H2,1-6H3;7-9H2,1-6H3;7-8H2,1-6H3;5*1H4. The maximum atomic E-state index is 2.43. The van der Waals surface area contributed by atoms with Gasteiger partial charge in [0.05, 0.1) is 0 Å². The molecule has 4 fully saturated rings. The van der Waals surface area contributed by atoms with E-state index in [1.54, 1.807) is 0 Å². The molecule has 0 bridgehead atoms. The fourth-order valence-electron chi connectivity index (χ4n) is 13.3. The minimum absolute atomic E-state index is 0. The van der Waals surface area contributed by atoms with Crippen LogP contribution in [0, 0.1) is 65.0 Å². The van der Waals surface area contributed by atoms with Gasteiger partial charge in [-0.05, 0) is 116 Å². The van der Waals surface area contributed by atoms with Crippen LogP contribution < -0.4 is 0 Å². The molecule has 0 aliphatic heterocycles. The molecule has 0 aromatic rings. The first-order valence-corrected chi connectivity index (χ1v) is 21.8. The summed E-state index contributed by atoms with van der Waals surface area (Å²) in [5, 5.41) is 0. The predicted molar refractivity (Wildman–Crippen MR) is 264 cm³/mol. The van der Waals surface area contributed by atoms with Crippen molar-refractivity contribution in [3.8, 4) is 0 Å². The summed E-state index contributed by atoms with van der Waals surface area (Å²) in [4.78, 5) is 0. The van der Waals surface area contributed by atoms with E-state index in [-0.39, 0.29) is 37.1 Å². The van der Waals surface area contributed by atoms with E-state index in [4.69, 9.17) is 0 Å². The second kappa shape index (κ2) is 20.5. The highest BCUT2D eigenvalue weighted by Crippen LogP contribution is 2.68. The highest BCUT2D eigenvalue weighted by molar-refractivity contribution is 5.08. The summed E-state index contributed by atoms with van der Waals surface area (Å²) in [6.45, 7) is 57.8. The molecule has 0 nitrogen and oxygen atoms in total. The third-order valence-corrected chi connectivity index (χ3v) is 16.6. The van der Waals surface area contributed by atoms with Crippen LogP contribution in [0.4, 0.5) is 0 Å². The van der Waals surface area contributed by atoms with E-state index in [0.717, 1.165) is 0 Å². The molecule has 0 aromatic heterocycles. The fraction of sp³-hybridized carbons (Fsp3) is 1.00. The van der Waals surface area contributed by atoms with Gasteiger partial charge < -0.3 is 0 Å². The van der Waals surface area contributed by atoms with Crippen molar-refractivity contribution in [3.05, 3.63) is 0 Å². The van der Waals surface area contributed by atoms with Gasteiger partial charge in [-0.25, -0.2) is 0 Å². The summed E-state index contributed by atoms with van der Waals surface area (Å²) in [7, 11) is 0. The fourth-order valence-corrected chi connectivity index (χ4v) is 13.3. The Morgan fingerprint density at radius 3 is 0.382 bits per heavy atom. The van der Waals surface area contributed by atoms with Crippen LogP contribution in [0.1, 0.15) is 293 Å². The normalized spacial score (nSPS) is 21.4. The lowest BCUT2D eigenvalue weighted by atomic mass is 9.45. The first kappa shape index (κ1) is 64.2. The van der Waals surface area contributed by atoms with Crippen molar-refractivity contribution in [1.82, 2.24) is 0 Å². The largest absolute Gasteiger partial charge is 0.0776 e. The lowest BCUT2D eigenvalue weighted by Gasteiger charge is -2.60. The SMILES string of the molecule is C.C.C.C.C.CC(C)(C)C1(C(C)(C)C)CC1.CC(C)(C)C1(C(C)(C)C)CCC1.CC(C)(C)C1(C(C)(C)C)CCCC1.CC(C)(C)C1(C(C)(C)C)CCCCC1. The Kier molecular flexibility index (Phi) is 23.9. The first-order valence-electron chi connectivity index (χ1n) is 21.8. The van der Waals surface area contributed by atoms with Gasteiger partial charge in [0.1, 0.15) is 0 Å². The van der Waals surface area contributed by atoms with Crippen molar-refractivity contribution in [2.75, 3.05) is 0 Å². The molecule has 0 radical (unpaired) electrons. The molecule has 4 aliphatic rings. The van der Waals surface area contributed by atoms with Crippen LogP contribution in [0.3, 0.4) is 0 Å². The Hall–Kier alpha value is 0. The highest BCUT2D eigenvalue weighted by atomic mass is 14.6. The second-order valence-corrected chi connectivity index (χ2v) is 26.4. The lowest BCUT2D eigenvalue weighted by molar-refractivity contribution is -0.100. The summed E-state index contributed by atoms with van der Waals surface area (Å²) < 4.78 is 0. The Labute approximate surface area is 356 Å². The van der Waals surface area contributed by atoms with Crippen LogP contribution in [0.2, 0.25) is 0 Å². The third-order valence-electron chi connectivity index (χ3n) is 16.6. The van der Waals surface area contributed by atoms with Crippen molar-refractivity contribution in [3.63, 3.8) is 0 Å². The van der Waals surface area contributed by atoms with E-state index in [2.05, 4.69) is 166 Å². The Balaban J connectivity index is -0.000000197. The topological polar surface area (TPSA) is 0 Å². The van der Waals surface area contributed by atoms with Gasteiger partial charge in [0.25, 0.3) is 0 Å². The van der Waals surface area contributed by atoms with Crippen molar-refractivity contribution in [2.45, 2.75) is 293 Å². The summed E-state index contributed by atoms with van der Waals surface area (Å²) in [6.07, 6.45) is 20.1. The third kappa shape index (κ3) is 13.5. The van der Waals surface area contributed by atoms with E-state index in [1.807, 2.05) is 0 Å². The maximum absolute atomic E-state index is 2.43. The van der Waals surface area contributed by atoms with Crippen LogP contribution in [0.5, 0.6) is 0 Å². The molecule has 4 aliphatic carbocycles. The number of hydrogen-bond acceptors (Lipinski definition) is 0. The molecule has 0 amide bonds. The maximum Gasteiger partial charge on any atom is -0.0200 e. The Morgan fingerprint density at radius 2 is 0.309 bits per heavy atom. The summed E-state index contributed by atoms with van der Waals surface area (Å²) in [6, 6.07) is 0. The van der Waals surface area contributed by atoms with Crippen LogP contribution >= 0.6 is 0 Å². The molecule has 0 heteroatoms. The molecule has 4 saturated carbocycles. The summed E-state index contributed by atoms with van der Waals surface area (Å²) in [5.74, 6) is 0. The number of rotatable bonds is 0. The van der Waals surface area contributed by atoms with Crippen LogP contribution in [-0.4, -0.2) is 0 Å². The molecule has 340 valence electrons. The molecule has 0 atom stereocenters. The smallest absolute Gasteiger partial charge is 0.0200 e. The zero-order valence-electron chi connectivity index (χ0n) is 39.9. The average Bonchev–Trinajstić information content (AvgIpc) is 3.51. The highest BCUT2D eigenvalue weighted by Gasteiger charge is 2.59. The lowest BCUT2D eigenvalue weighted by Crippen LogP contribution is -2.51. The van der Waals surface area contributed by atoms with E-state index in [0.29, 0.717) is 65.0 Å². The van der Waals surface area contributed by atoms with E-state index >= 15 is 0 Å². The first-order chi connectivity index (χ1) is 21.8. The van der Waals surface area contributed by atoms with Gasteiger partial charge in [-0.2, -0.15) is 0 Å². The van der Waals surface area contributed by atoms with E-state index in [1.165, 1.54) is 89.9 Å². The monoisotopic (exact) mass is 781 g/mol. The number of hydrogen-bond donors (Lipinski definition) is 0. The van der Waals surface area contributed by atoms with Gasteiger partial charge in [0.15, 0.2) is 0 Å². The summed E-state index contributed by atoms with van der Waals surface area (Å²) >= 11 is 0. The Morgan fingerprint density at radius 1 is 0.182 bits per heavy atom. The molecule has 4 rings (SSSR count). The molecule has 0 saturated heterocycles. The zero-order valence-corrected chi connectivity index (χ0v) is 39.9. The van der Waals surface area contributed by atoms with E-state index in [9.17, 15) is 0 Å². The molecule has 0 spiro atoms. The van der Waals surface area contributed by atoms with Gasteiger partial charge in [-0.15, -0.1) is 0 Å². The van der Waals surface area contributed by atoms with Gasteiger partial charge in [0.2, 0.25) is 0 Å². The Bertz CT molecular complexity index is 937. The van der Waals surface area contributed by atoms with Crippen LogP contribution in [-0.2, 0) is 0 Å². The van der Waals surface area contributed by atoms with Crippen molar-refractivity contribution in [1.29, 1.82) is 0 Å². The van der Waals surface area contributed by atoms with Crippen molar-refractivity contribution < 1.29 is 0 Å². The minimum atomic E-state index is 0. The summed E-state index contributed by atoms with van der Waals surface area (Å²) in [5.41, 5.74) is 6.10. The van der Waals surface area contributed by atoms with Crippen LogP contribution in [0.15, 0.2) is 0 Å². The molecule has 0 unspecified atom stereocenters. The molecule has 0 aromatic carbocycles. The van der Waals surface area contributed by atoms with Gasteiger partial charge in [0, 0.05) is 0 Å². The van der Waals surface area contributed by atoms with Gasteiger partial charge in [-0.3, -0.25) is 0 Å². The zero-order chi connectivity index (χ0) is 39.9. The van der Waals surface area contributed by atoms with Crippen molar-refractivity contribution in [2.24, 2.45) is 65.0 Å². The quantitative estimate of drug-likeness (QED) is 0.230. The van der Waals surface area contributed by atoms with Crippen molar-refractivity contribution >= 4 is 0 Å².